The molecule has 0 amide bonds. The molecule has 0 aliphatic heterocycles. The van der Waals surface area contributed by atoms with Crippen LogP contribution in [0.2, 0.25) is 0 Å². The van der Waals surface area contributed by atoms with Crippen molar-refractivity contribution in [2.45, 2.75) is 6.92 Å². The van der Waals surface area contributed by atoms with Crippen molar-refractivity contribution in [2.75, 3.05) is 6.54 Å². The Hall–Kier alpha value is -0.920. The van der Waals surface area contributed by atoms with E-state index in [-0.39, 0.29) is 0 Å². The Morgan fingerprint density at radius 1 is 1.62 bits per heavy atom. The van der Waals surface area contributed by atoms with E-state index in [1.165, 1.54) is 0 Å². The minimum atomic E-state index is 0.821. The van der Waals surface area contributed by atoms with Crippen LogP contribution in [0.4, 0.5) is 0 Å². The second kappa shape index (κ2) is 6.08. The van der Waals surface area contributed by atoms with E-state index >= 15 is 0 Å². The summed E-state index contributed by atoms with van der Waals surface area (Å²) >= 11 is 0. The zero-order chi connectivity index (χ0) is 6.24. The van der Waals surface area contributed by atoms with Crippen molar-refractivity contribution in [2.24, 2.45) is 9.98 Å². The second-order valence-corrected chi connectivity index (χ2v) is 1.17. The van der Waals surface area contributed by atoms with Crippen LogP contribution >= 0.6 is 0 Å². The zero-order valence-corrected chi connectivity index (χ0v) is 5.04. The SMILES string of the molecule is C=N/C=C\C=NCC. The highest BCUT2D eigenvalue weighted by atomic mass is 14.7. The normalized spacial score (nSPS) is 11.1. The molecule has 2 nitrogen and oxygen atoms in total. The molecule has 2 heteroatoms. The predicted molar refractivity (Wildman–Crippen MR) is 37.7 cm³/mol. The molecule has 44 valence electrons. The topological polar surface area (TPSA) is 24.7 Å². The third-order valence-corrected chi connectivity index (χ3v) is 0.566. The first-order chi connectivity index (χ1) is 3.91. The van der Waals surface area contributed by atoms with Gasteiger partial charge < -0.3 is 0 Å². The molecule has 0 aliphatic carbocycles. The van der Waals surface area contributed by atoms with Crippen LogP contribution in [0.3, 0.4) is 0 Å². The fourth-order valence-corrected chi connectivity index (χ4v) is 0.266. The van der Waals surface area contributed by atoms with Gasteiger partial charge in [0.15, 0.2) is 0 Å². The molecule has 0 aromatic rings. The van der Waals surface area contributed by atoms with Crippen LogP contribution in [-0.2, 0) is 0 Å². The molecule has 0 heterocycles. The molecule has 0 spiro atoms. The molecule has 0 saturated carbocycles. The van der Waals surface area contributed by atoms with Gasteiger partial charge in [-0.1, -0.05) is 0 Å². The molecule has 0 radical (unpaired) electrons. The monoisotopic (exact) mass is 110 g/mol. The van der Waals surface area contributed by atoms with Gasteiger partial charge in [-0.25, -0.2) is 0 Å². The summed E-state index contributed by atoms with van der Waals surface area (Å²) in [6.07, 6.45) is 5.05. The Balaban J connectivity index is 3.26. The quantitative estimate of drug-likeness (QED) is 0.489. The van der Waals surface area contributed by atoms with Crippen molar-refractivity contribution in [3.8, 4) is 0 Å². The molecule has 0 unspecified atom stereocenters. The maximum Gasteiger partial charge on any atom is 0.0360 e. The van der Waals surface area contributed by atoms with E-state index in [1.54, 1.807) is 18.5 Å². The number of aliphatic imine (C=N–C) groups is 2. The lowest BCUT2D eigenvalue weighted by atomic mass is 10.6. The summed E-state index contributed by atoms with van der Waals surface area (Å²) in [6.45, 7) is 6.06. The lowest BCUT2D eigenvalue weighted by Crippen LogP contribution is -1.67. The van der Waals surface area contributed by atoms with Crippen molar-refractivity contribution >= 4 is 12.9 Å². The van der Waals surface area contributed by atoms with Crippen LogP contribution in [0.1, 0.15) is 6.92 Å². The summed E-state index contributed by atoms with van der Waals surface area (Å²) < 4.78 is 0. The van der Waals surface area contributed by atoms with Crippen molar-refractivity contribution < 1.29 is 0 Å². The van der Waals surface area contributed by atoms with E-state index in [2.05, 4.69) is 16.7 Å². The Kier molecular flexibility index (Phi) is 5.38. The molecule has 0 N–H and O–H groups in total. The van der Waals surface area contributed by atoms with E-state index in [0.717, 1.165) is 6.54 Å². The molecule has 0 bridgehead atoms. The van der Waals surface area contributed by atoms with Crippen LogP contribution in [0.25, 0.3) is 0 Å². The van der Waals surface area contributed by atoms with E-state index in [1.807, 2.05) is 6.92 Å². The van der Waals surface area contributed by atoms with Crippen LogP contribution in [-0.4, -0.2) is 19.5 Å². The fraction of sp³-hybridized carbons (Fsp3) is 0.333. The summed E-state index contributed by atoms with van der Waals surface area (Å²) in [4.78, 5) is 7.40. The number of nitrogens with zero attached hydrogens (tertiary/aromatic N) is 2. The van der Waals surface area contributed by atoms with Crippen LogP contribution < -0.4 is 0 Å². The second-order valence-electron chi connectivity index (χ2n) is 1.17. The highest BCUT2D eigenvalue weighted by molar-refractivity contribution is 5.70. The zero-order valence-electron chi connectivity index (χ0n) is 5.04. The van der Waals surface area contributed by atoms with Crippen molar-refractivity contribution in [3.63, 3.8) is 0 Å². The molecule has 0 fully saturated rings. The highest BCUT2D eigenvalue weighted by Crippen LogP contribution is 1.68. The van der Waals surface area contributed by atoms with Gasteiger partial charge in [0, 0.05) is 19.0 Å². The van der Waals surface area contributed by atoms with Crippen LogP contribution in [0.15, 0.2) is 22.3 Å². The third-order valence-electron chi connectivity index (χ3n) is 0.566. The summed E-state index contributed by atoms with van der Waals surface area (Å²) in [5, 5.41) is 0. The first-order valence-corrected chi connectivity index (χ1v) is 2.52. The Morgan fingerprint density at radius 3 is 2.88 bits per heavy atom. The Labute approximate surface area is 49.7 Å². The maximum atomic E-state index is 3.91. The largest absolute Gasteiger partial charge is 0.293 e. The van der Waals surface area contributed by atoms with E-state index in [9.17, 15) is 0 Å². The number of hydrogen-bond donors (Lipinski definition) is 0. The highest BCUT2D eigenvalue weighted by Gasteiger charge is 1.59. The molecule has 0 rings (SSSR count). The molecule has 0 aliphatic rings. The van der Waals surface area contributed by atoms with Gasteiger partial charge >= 0.3 is 0 Å². The van der Waals surface area contributed by atoms with Crippen LogP contribution in [0, 0.1) is 0 Å². The van der Waals surface area contributed by atoms with Gasteiger partial charge in [-0.05, 0) is 19.7 Å². The lowest BCUT2D eigenvalue weighted by molar-refractivity contribution is 1.14. The molecule has 0 atom stereocenters. The third kappa shape index (κ3) is 5.08. The van der Waals surface area contributed by atoms with Crippen LogP contribution in [0.5, 0.6) is 0 Å². The maximum absolute atomic E-state index is 3.91. The Morgan fingerprint density at radius 2 is 2.38 bits per heavy atom. The van der Waals surface area contributed by atoms with Gasteiger partial charge in [-0.15, -0.1) is 0 Å². The van der Waals surface area contributed by atoms with E-state index < -0.39 is 0 Å². The average Bonchev–Trinajstić information content (AvgIpc) is 1.81. The van der Waals surface area contributed by atoms with Crippen molar-refractivity contribution in [1.29, 1.82) is 0 Å². The summed E-state index contributed by atoms with van der Waals surface area (Å²) in [7, 11) is 0. The summed E-state index contributed by atoms with van der Waals surface area (Å²) in [5.74, 6) is 0. The first kappa shape index (κ1) is 7.08. The van der Waals surface area contributed by atoms with Crippen molar-refractivity contribution in [1.82, 2.24) is 0 Å². The van der Waals surface area contributed by atoms with Gasteiger partial charge in [0.25, 0.3) is 0 Å². The predicted octanol–water partition coefficient (Wildman–Crippen LogP) is 1.29. The number of hydrogen-bond acceptors (Lipinski definition) is 2. The lowest BCUT2D eigenvalue weighted by Gasteiger charge is -1.72. The summed E-state index contributed by atoms with van der Waals surface area (Å²) in [6, 6.07) is 0. The molecular weight excluding hydrogens is 100 g/mol. The Bertz CT molecular complexity index is 103. The number of allylic oxidation sites excluding steroid dienone is 1. The smallest absolute Gasteiger partial charge is 0.0360 e. The van der Waals surface area contributed by atoms with Crippen molar-refractivity contribution in [3.05, 3.63) is 12.3 Å². The average molecular weight is 110 g/mol. The standard InChI is InChI=1S/C6H10N2/c1-3-8-6-4-5-7-2/h4-6H,2-3H2,1H3/b5-4-,8-6?. The fourth-order valence-electron chi connectivity index (χ4n) is 0.266. The molecule has 0 saturated heterocycles. The molecule has 8 heavy (non-hydrogen) atoms. The van der Waals surface area contributed by atoms with Gasteiger partial charge in [0.1, 0.15) is 0 Å². The minimum absolute atomic E-state index is 0.821. The molecular formula is C6H10N2. The number of rotatable bonds is 3. The van der Waals surface area contributed by atoms with Gasteiger partial charge in [-0.3, -0.25) is 9.98 Å². The van der Waals surface area contributed by atoms with Gasteiger partial charge in [0.2, 0.25) is 0 Å². The summed E-state index contributed by atoms with van der Waals surface area (Å²) in [5.41, 5.74) is 0. The molecule has 0 aromatic heterocycles. The van der Waals surface area contributed by atoms with Gasteiger partial charge in [-0.2, -0.15) is 0 Å². The first-order valence-electron chi connectivity index (χ1n) is 2.52. The minimum Gasteiger partial charge on any atom is -0.293 e. The van der Waals surface area contributed by atoms with E-state index in [4.69, 9.17) is 0 Å². The molecule has 0 aromatic carbocycles. The van der Waals surface area contributed by atoms with E-state index in [0.29, 0.717) is 0 Å². The van der Waals surface area contributed by atoms with Gasteiger partial charge in [0.05, 0.1) is 0 Å².